The maximum absolute atomic E-state index is 4.51. The van der Waals surface area contributed by atoms with Gasteiger partial charge in [-0.15, -0.1) is 0 Å². The molecule has 0 bridgehead atoms. The van der Waals surface area contributed by atoms with Crippen LogP contribution in [-0.4, -0.2) is 26.3 Å². The van der Waals surface area contributed by atoms with Gasteiger partial charge < -0.3 is 5.32 Å². The molecule has 0 amide bonds. The van der Waals surface area contributed by atoms with Crippen LogP contribution in [0.5, 0.6) is 0 Å². The van der Waals surface area contributed by atoms with Crippen molar-refractivity contribution in [3.63, 3.8) is 0 Å². The fraction of sp³-hybridized carbons (Fsp3) is 0.154. The van der Waals surface area contributed by atoms with Crippen LogP contribution < -0.4 is 5.32 Å². The Morgan fingerprint density at radius 2 is 2.06 bits per heavy atom. The third-order valence-corrected chi connectivity index (χ3v) is 2.64. The van der Waals surface area contributed by atoms with Crippen LogP contribution in [0.15, 0.2) is 42.7 Å². The van der Waals surface area contributed by atoms with Gasteiger partial charge in [0, 0.05) is 24.3 Å². The first-order valence-corrected chi connectivity index (χ1v) is 5.89. The summed E-state index contributed by atoms with van der Waals surface area (Å²) in [5.41, 5.74) is 0.911. The maximum atomic E-state index is 4.51. The van der Waals surface area contributed by atoms with E-state index in [0.717, 1.165) is 23.3 Å². The Balaban J connectivity index is 2.27. The lowest BCUT2D eigenvalue weighted by atomic mass is 10.2. The molecule has 5 nitrogen and oxygen atoms in total. The van der Waals surface area contributed by atoms with Crippen LogP contribution in [0.3, 0.4) is 0 Å². The molecule has 1 aromatic carbocycles. The molecule has 0 saturated heterocycles. The zero-order valence-electron chi connectivity index (χ0n) is 10.0. The number of anilines is 1. The molecule has 0 saturated carbocycles. The number of fused-ring (bicyclic) bond motifs is 1. The van der Waals surface area contributed by atoms with Crippen LogP contribution in [-0.2, 0) is 0 Å². The lowest BCUT2D eigenvalue weighted by Crippen LogP contribution is -2.07. The molecule has 0 radical (unpaired) electrons. The van der Waals surface area contributed by atoms with Crippen molar-refractivity contribution in [3.05, 3.63) is 42.7 Å². The van der Waals surface area contributed by atoms with E-state index in [1.165, 1.54) is 0 Å². The summed E-state index contributed by atoms with van der Waals surface area (Å²) >= 11 is 0. The van der Waals surface area contributed by atoms with Crippen LogP contribution in [0.2, 0.25) is 0 Å². The van der Waals surface area contributed by atoms with Crippen molar-refractivity contribution in [3.8, 4) is 5.82 Å². The van der Waals surface area contributed by atoms with Gasteiger partial charge in [-0.3, -0.25) is 0 Å². The molecule has 0 aliphatic heterocycles. The van der Waals surface area contributed by atoms with E-state index in [2.05, 4.69) is 20.4 Å². The van der Waals surface area contributed by atoms with Crippen molar-refractivity contribution >= 4 is 16.9 Å². The van der Waals surface area contributed by atoms with Gasteiger partial charge in [0.2, 0.25) is 5.95 Å². The molecular formula is C13H13N5. The molecule has 3 aromatic rings. The number of hydrogen-bond acceptors (Lipinski definition) is 4. The standard InChI is InChI=1S/C13H13N5/c1-2-14-13-16-11-7-4-3-6-10(11)12(17-13)18-9-5-8-15-18/h3-9H,2H2,1H3,(H,14,16,17). The number of nitrogens with zero attached hydrogens (tertiary/aromatic N) is 4. The monoisotopic (exact) mass is 239 g/mol. The van der Waals surface area contributed by atoms with Crippen LogP contribution in [0.4, 0.5) is 5.95 Å². The topological polar surface area (TPSA) is 55.6 Å². The van der Waals surface area contributed by atoms with E-state index in [4.69, 9.17) is 0 Å². The summed E-state index contributed by atoms with van der Waals surface area (Å²) in [6.45, 7) is 2.81. The third kappa shape index (κ3) is 1.79. The first-order valence-electron chi connectivity index (χ1n) is 5.89. The van der Waals surface area contributed by atoms with Gasteiger partial charge in [0.25, 0.3) is 0 Å². The first kappa shape index (κ1) is 10.7. The molecule has 90 valence electrons. The second kappa shape index (κ2) is 4.44. The van der Waals surface area contributed by atoms with E-state index in [-0.39, 0.29) is 0 Å². The van der Waals surface area contributed by atoms with Gasteiger partial charge in [-0.2, -0.15) is 10.1 Å². The molecule has 1 N–H and O–H groups in total. The zero-order valence-corrected chi connectivity index (χ0v) is 10.0. The summed E-state index contributed by atoms with van der Waals surface area (Å²) < 4.78 is 1.75. The third-order valence-electron chi connectivity index (χ3n) is 2.64. The predicted octanol–water partition coefficient (Wildman–Crippen LogP) is 2.25. The van der Waals surface area contributed by atoms with E-state index >= 15 is 0 Å². The summed E-state index contributed by atoms with van der Waals surface area (Å²) in [6.07, 6.45) is 3.62. The number of para-hydroxylation sites is 1. The van der Waals surface area contributed by atoms with Crippen LogP contribution in [0.1, 0.15) is 6.92 Å². The highest BCUT2D eigenvalue weighted by molar-refractivity contribution is 5.86. The van der Waals surface area contributed by atoms with E-state index in [9.17, 15) is 0 Å². The molecule has 0 aliphatic carbocycles. The fourth-order valence-electron chi connectivity index (χ4n) is 1.87. The van der Waals surface area contributed by atoms with Crippen LogP contribution >= 0.6 is 0 Å². The van der Waals surface area contributed by atoms with Crippen LogP contribution in [0.25, 0.3) is 16.7 Å². The molecule has 2 aromatic heterocycles. The lowest BCUT2D eigenvalue weighted by Gasteiger charge is -2.08. The minimum Gasteiger partial charge on any atom is -0.354 e. The Hall–Kier alpha value is -2.43. The molecule has 2 heterocycles. The smallest absolute Gasteiger partial charge is 0.225 e. The molecular weight excluding hydrogens is 226 g/mol. The van der Waals surface area contributed by atoms with E-state index in [0.29, 0.717) is 5.95 Å². The van der Waals surface area contributed by atoms with Crippen molar-refractivity contribution in [2.75, 3.05) is 11.9 Å². The van der Waals surface area contributed by atoms with Crippen molar-refractivity contribution < 1.29 is 0 Å². The second-order valence-corrected chi connectivity index (χ2v) is 3.87. The Morgan fingerprint density at radius 1 is 1.17 bits per heavy atom. The summed E-state index contributed by atoms with van der Waals surface area (Å²) in [5.74, 6) is 1.42. The van der Waals surface area contributed by atoms with E-state index < -0.39 is 0 Å². The number of rotatable bonds is 3. The second-order valence-electron chi connectivity index (χ2n) is 3.87. The van der Waals surface area contributed by atoms with Gasteiger partial charge in [-0.25, -0.2) is 9.67 Å². The van der Waals surface area contributed by atoms with Crippen molar-refractivity contribution in [1.82, 2.24) is 19.7 Å². The number of nitrogens with one attached hydrogen (secondary N) is 1. The molecule has 18 heavy (non-hydrogen) atoms. The van der Waals surface area contributed by atoms with Crippen molar-refractivity contribution in [2.24, 2.45) is 0 Å². The lowest BCUT2D eigenvalue weighted by molar-refractivity contribution is 0.851. The molecule has 0 aliphatic rings. The van der Waals surface area contributed by atoms with Gasteiger partial charge in [-0.1, -0.05) is 12.1 Å². The first-order chi connectivity index (χ1) is 8.88. The Labute approximate surface area is 104 Å². The van der Waals surface area contributed by atoms with Crippen LogP contribution in [0, 0.1) is 0 Å². The SMILES string of the molecule is CCNc1nc(-n2cccn2)c2ccccc2n1. The largest absolute Gasteiger partial charge is 0.354 e. The molecule has 0 unspecified atom stereocenters. The maximum Gasteiger partial charge on any atom is 0.225 e. The van der Waals surface area contributed by atoms with Gasteiger partial charge >= 0.3 is 0 Å². The van der Waals surface area contributed by atoms with E-state index in [1.54, 1.807) is 10.9 Å². The summed E-state index contributed by atoms with van der Waals surface area (Å²) in [4.78, 5) is 8.98. The summed E-state index contributed by atoms with van der Waals surface area (Å²) in [6, 6.07) is 9.81. The van der Waals surface area contributed by atoms with Crippen molar-refractivity contribution in [2.45, 2.75) is 6.92 Å². The average Bonchev–Trinajstić information content (AvgIpc) is 2.92. The number of hydrogen-bond donors (Lipinski definition) is 1. The minimum absolute atomic E-state index is 0.627. The predicted molar refractivity (Wildman–Crippen MR) is 70.8 cm³/mol. The molecule has 0 fully saturated rings. The Bertz CT molecular complexity index is 660. The number of benzene rings is 1. The highest BCUT2D eigenvalue weighted by Crippen LogP contribution is 2.20. The zero-order chi connectivity index (χ0) is 12.4. The number of aromatic nitrogens is 4. The van der Waals surface area contributed by atoms with Gasteiger partial charge in [-0.05, 0) is 25.1 Å². The molecule has 0 atom stereocenters. The van der Waals surface area contributed by atoms with Gasteiger partial charge in [0.15, 0.2) is 5.82 Å². The molecule has 0 spiro atoms. The van der Waals surface area contributed by atoms with Crippen molar-refractivity contribution in [1.29, 1.82) is 0 Å². The fourth-order valence-corrected chi connectivity index (χ4v) is 1.87. The summed E-state index contributed by atoms with van der Waals surface area (Å²) in [5, 5.41) is 8.36. The Kier molecular flexibility index (Phi) is 2.64. The van der Waals surface area contributed by atoms with Gasteiger partial charge in [0.05, 0.1) is 5.52 Å². The Morgan fingerprint density at radius 3 is 2.83 bits per heavy atom. The minimum atomic E-state index is 0.627. The van der Waals surface area contributed by atoms with E-state index in [1.807, 2.05) is 43.5 Å². The highest BCUT2D eigenvalue weighted by atomic mass is 15.3. The normalized spacial score (nSPS) is 10.7. The molecule has 3 rings (SSSR count). The molecule has 5 heteroatoms. The average molecular weight is 239 g/mol. The van der Waals surface area contributed by atoms with Gasteiger partial charge in [0.1, 0.15) is 0 Å². The quantitative estimate of drug-likeness (QED) is 0.761. The summed E-state index contributed by atoms with van der Waals surface area (Å²) in [7, 11) is 0. The highest BCUT2D eigenvalue weighted by Gasteiger charge is 2.08.